The van der Waals surface area contributed by atoms with E-state index in [1.54, 1.807) is 24.3 Å². The first kappa shape index (κ1) is 21.8. The van der Waals surface area contributed by atoms with E-state index in [-0.39, 0.29) is 23.9 Å². The molecule has 0 radical (unpaired) electrons. The molecule has 0 aliphatic heterocycles. The second-order valence-corrected chi connectivity index (χ2v) is 7.56. The number of ether oxygens (including phenoxy) is 1. The normalized spacial score (nSPS) is 14.8. The standard InChI is InChI=1S/C20H17ClF3N3O3/c1-25-19(6-7-19)11-15(28)12-27-17(29)10-16(13-2-4-14(21)5-3-13)26-18(27)30-9-8-20(22,23)24/h2-5,10H,6-9,11-12H2. The summed E-state index contributed by atoms with van der Waals surface area (Å²) in [5.74, 6) is -0.382. The average molecular weight is 440 g/mol. The summed E-state index contributed by atoms with van der Waals surface area (Å²) in [4.78, 5) is 32.6. The summed E-state index contributed by atoms with van der Waals surface area (Å²) < 4.78 is 43.5. The van der Waals surface area contributed by atoms with Crippen LogP contribution in [0.5, 0.6) is 6.01 Å². The van der Waals surface area contributed by atoms with Crippen LogP contribution in [-0.2, 0) is 11.3 Å². The minimum Gasteiger partial charge on any atom is -0.464 e. The summed E-state index contributed by atoms with van der Waals surface area (Å²) in [6.45, 7) is 5.99. The van der Waals surface area contributed by atoms with Gasteiger partial charge in [-0.3, -0.25) is 14.2 Å². The Bertz CT molecular complexity index is 1040. The highest BCUT2D eigenvalue weighted by molar-refractivity contribution is 6.30. The van der Waals surface area contributed by atoms with Crippen molar-refractivity contribution in [3.05, 3.63) is 57.1 Å². The van der Waals surface area contributed by atoms with Crippen LogP contribution in [0.25, 0.3) is 16.1 Å². The highest BCUT2D eigenvalue weighted by Crippen LogP contribution is 2.43. The van der Waals surface area contributed by atoms with Crippen LogP contribution in [-0.4, -0.2) is 33.7 Å². The predicted octanol–water partition coefficient (Wildman–Crippen LogP) is 4.31. The number of benzene rings is 1. The number of hydrogen-bond donors (Lipinski definition) is 0. The van der Waals surface area contributed by atoms with Gasteiger partial charge in [0.25, 0.3) is 11.6 Å². The van der Waals surface area contributed by atoms with Crippen molar-refractivity contribution in [2.75, 3.05) is 6.61 Å². The number of ketones is 1. The zero-order chi connectivity index (χ0) is 21.9. The highest BCUT2D eigenvalue weighted by Gasteiger charge is 2.52. The molecule has 2 aromatic rings. The Morgan fingerprint density at radius 1 is 1.30 bits per heavy atom. The first-order valence-corrected chi connectivity index (χ1v) is 9.46. The molecule has 0 N–H and O–H groups in total. The third kappa shape index (κ3) is 5.60. The molecule has 3 rings (SSSR count). The third-order valence-corrected chi connectivity index (χ3v) is 4.91. The van der Waals surface area contributed by atoms with Crippen molar-refractivity contribution in [1.82, 2.24) is 9.55 Å². The lowest BCUT2D eigenvalue weighted by atomic mass is 10.1. The van der Waals surface area contributed by atoms with E-state index in [1.165, 1.54) is 6.07 Å². The Balaban J connectivity index is 1.89. The summed E-state index contributed by atoms with van der Waals surface area (Å²) in [5, 5.41) is 0.466. The zero-order valence-electron chi connectivity index (χ0n) is 15.7. The van der Waals surface area contributed by atoms with Crippen molar-refractivity contribution in [3.8, 4) is 17.3 Å². The molecule has 1 fully saturated rings. The molecule has 1 aliphatic rings. The fraction of sp³-hybridized carbons (Fsp3) is 0.400. The van der Waals surface area contributed by atoms with Gasteiger partial charge in [-0.15, -0.1) is 0 Å². The maximum atomic E-state index is 12.6. The van der Waals surface area contributed by atoms with E-state index < -0.39 is 36.8 Å². The lowest BCUT2D eigenvalue weighted by molar-refractivity contribution is -0.140. The molecule has 1 aliphatic carbocycles. The van der Waals surface area contributed by atoms with Crippen molar-refractivity contribution in [2.45, 2.75) is 43.9 Å². The maximum absolute atomic E-state index is 12.6. The first-order chi connectivity index (χ1) is 14.1. The molecule has 0 unspecified atom stereocenters. The number of hydrogen-bond acceptors (Lipinski definition) is 4. The van der Waals surface area contributed by atoms with Crippen LogP contribution in [0.1, 0.15) is 25.7 Å². The molecular formula is C20H17ClF3N3O3. The molecule has 158 valence electrons. The van der Waals surface area contributed by atoms with E-state index in [1.807, 2.05) is 0 Å². The quantitative estimate of drug-likeness (QED) is 0.575. The van der Waals surface area contributed by atoms with Crippen LogP contribution >= 0.6 is 11.6 Å². The SMILES string of the molecule is [C-]#[N+]C1(CC(=O)Cn2c(OCCC(F)(F)F)nc(-c3ccc(Cl)cc3)cc2=O)CC1. The number of Topliss-reactive ketones (excluding diaryl/α,β-unsaturated/α-hetero) is 1. The summed E-state index contributed by atoms with van der Waals surface area (Å²) in [6.07, 6.45) is -4.48. The number of carbonyl (C=O) groups is 1. The Morgan fingerprint density at radius 3 is 2.53 bits per heavy atom. The predicted molar refractivity (Wildman–Crippen MR) is 103 cm³/mol. The summed E-state index contributed by atoms with van der Waals surface area (Å²) >= 11 is 5.85. The molecule has 0 amide bonds. The van der Waals surface area contributed by atoms with Crippen LogP contribution in [0, 0.1) is 6.57 Å². The molecule has 0 atom stereocenters. The number of aromatic nitrogens is 2. The number of rotatable bonds is 8. The number of nitrogens with zero attached hydrogens (tertiary/aromatic N) is 3. The second-order valence-electron chi connectivity index (χ2n) is 7.12. The smallest absolute Gasteiger partial charge is 0.392 e. The molecule has 0 bridgehead atoms. The molecular weight excluding hydrogens is 423 g/mol. The molecule has 10 heteroatoms. The number of halogens is 4. The molecule has 0 spiro atoms. The van der Waals surface area contributed by atoms with Crippen LogP contribution in [0.2, 0.25) is 5.02 Å². The van der Waals surface area contributed by atoms with E-state index in [0.29, 0.717) is 23.4 Å². The monoisotopic (exact) mass is 439 g/mol. The zero-order valence-corrected chi connectivity index (χ0v) is 16.5. The van der Waals surface area contributed by atoms with Crippen molar-refractivity contribution in [1.29, 1.82) is 0 Å². The number of alkyl halides is 3. The minimum absolute atomic E-state index is 0.0239. The van der Waals surface area contributed by atoms with Crippen LogP contribution in [0.15, 0.2) is 35.1 Å². The second kappa shape index (κ2) is 8.48. The van der Waals surface area contributed by atoms with Crippen LogP contribution < -0.4 is 10.3 Å². The van der Waals surface area contributed by atoms with Gasteiger partial charge in [-0.05, 0) is 12.1 Å². The third-order valence-electron chi connectivity index (χ3n) is 4.65. The van der Waals surface area contributed by atoms with Gasteiger partial charge in [0.1, 0.15) is 6.61 Å². The molecule has 0 saturated heterocycles. The molecule has 1 saturated carbocycles. The van der Waals surface area contributed by atoms with Gasteiger partial charge in [0, 0.05) is 29.5 Å². The van der Waals surface area contributed by atoms with Gasteiger partial charge < -0.3 is 9.58 Å². The summed E-state index contributed by atoms with van der Waals surface area (Å²) in [7, 11) is 0. The highest BCUT2D eigenvalue weighted by atomic mass is 35.5. The van der Waals surface area contributed by atoms with Crippen molar-refractivity contribution in [3.63, 3.8) is 0 Å². The van der Waals surface area contributed by atoms with Crippen molar-refractivity contribution in [2.24, 2.45) is 0 Å². The van der Waals surface area contributed by atoms with E-state index in [4.69, 9.17) is 22.9 Å². The van der Waals surface area contributed by atoms with Gasteiger partial charge in [0.2, 0.25) is 5.54 Å². The van der Waals surface area contributed by atoms with Crippen LogP contribution in [0.3, 0.4) is 0 Å². The fourth-order valence-electron chi connectivity index (χ4n) is 2.84. The lowest BCUT2D eigenvalue weighted by Gasteiger charge is -2.14. The van der Waals surface area contributed by atoms with E-state index in [0.717, 1.165) is 4.57 Å². The molecule has 1 heterocycles. The van der Waals surface area contributed by atoms with Gasteiger partial charge in [-0.1, -0.05) is 23.7 Å². The molecule has 1 aromatic carbocycles. The summed E-state index contributed by atoms with van der Waals surface area (Å²) in [6, 6.07) is 7.17. The average Bonchev–Trinajstić information content (AvgIpc) is 3.43. The van der Waals surface area contributed by atoms with Crippen molar-refractivity contribution >= 4 is 17.4 Å². The van der Waals surface area contributed by atoms with Gasteiger partial charge >= 0.3 is 6.18 Å². The Morgan fingerprint density at radius 2 is 1.97 bits per heavy atom. The van der Waals surface area contributed by atoms with Crippen molar-refractivity contribution < 1.29 is 22.7 Å². The largest absolute Gasteiger partial charge is 0.464 e. The maximum Gasteiger partial charge on any atom is 0.392 e. The number of carbonyl (C=O) groups excluding carboxylic acids is 1. The van der Waals surface area contributed by atoms with Gasteiger partial charge in [-0.25, -0.2) is 6.57 Å². The van der Waals surface area contributed by atoms with Gasteiger partial charge in [0.05, 0.1) is 25.1 Å². The lowest BCUT2D eigenvalue weighted by Crippen LogP contribution is -2.28. The van der Waals surface area contributed by atoms with E-state index in [2.05, 4.69) is 9.83 Å². The topological polar surface area (TPSA) is 65.6 Å². The van der Waals surface area contributed by atoms with Crippen LogP contribution in [0.4, 0.5) is 13.2 Å². The van der Waals surface area contributed by atoms with Gasteiger partial charge in [-0.2, -0.15) is 18.2 Å². The summed E-state index contributed by atoms with van der Waals surface area (Å²) in [5.41, 5.74) is -0.657. The molecule has 1 aromatic heterocycles. The Labute approximate surface area is 175 Å². The Hall–Kier alpha value is -2.86. The molecule has 30 heavy (non-hydrogen) atoms. The van der Waals surface area contributed by atoms with Gasteiger partial charge in [0.15, 0.2) is 5.78 Å². The minimum atomic E-state index is -4.44. The van der Waals surface area contributed by atoms with E-state index >= 15 is 0 Å². The molecule has 6 nitrogen and oxygen atoms in total. The first-order valence-electron chi connectivity index (χ1n) is 9.08. The fourth-order valence-corrected chi connectivity index (χ4v) is 2.96. The Kier molecular flexibility index (Phi) is 6.17. The van der Waals surface area contributed by atoms with E-state index in [9.17, 15) is 22.8 Å².